The Hall–Kier alpha value is -0.400. The van der Waals surface area contributed by atoms with Gasteiger partial charge in [0.25, 0.3) is 0 Å². The van der Waals surface area contributed by atoms with Crippen molar-refractivity contribution in [3.63, 3.8) is 0 Å². The molecule has 0 saturated carbocycles. The summed E-state index contributed by atoms with van der Waals surface area (Å²) in [6.07, 6.45) is 4.03. The van der Waals surface area contributed by atoms with Gasteiger partial charge in [-0.15, -0.1) is 23.1 Å². The fourth-order valence-corrected chi connectivity index (χ4v) is 4.30. The number of halogens is 2. The van der Waals surface area contributed by atoms with Crippen molar-refractivity contribution in [1.82, 2.24) is 9.29 Å². The molecule has 0 aromatic carbocycles. The lowest BCUT2D eigenvalue weighted by molar-refractivity contribution is -0.124. The monoisotopic (exact) mass is 378 g/mol. The molecule has 0 saturated heterocycles. The zero-order valence-electron chi connectivity index (χ0n) is 11.1. The van der Waals surface area contributed by atoms with E-state index in [1.54, 1.807) is 11.8 Å². The molecule has 2 rings (SSSR count). The number of allylic oxidation sites excluding steroid dienone is 2. The average molecular weight is 379 g/mol. The minimum atomic E-state index is -0.122. The molecule has 1 aromatic rings. The molecule has 3 nitrogen and oxygen atoms in total. The van der Waals surface area contributed by atoms with Gasteiger partial charge in [0.2, 0.25) is 5.91 Å². The number of thioether (sulfide) groups is 1. The molecular weight excluding hydrogens is 367 g/mol. The van der Waals surface area contributed by atoms with E-state index in [2.05, 4.69) is 11.6 Å². The van der Waals surface area contributed by atoms with Crippen LogP contribution in [0.2, 0.25) is 4.34 Å². The first-order chi connectivity index (χ1) is 9.97. The van der Waals surface area contributed by atoms with Crippen LogP contribution in [0.3, 0.4) is 0 Å². The molecule has 0 aliphatic carbocycles. The second-order valence-corrected chi connectivity index (χ2v) is 8.36. The maximum absolute atomic E-state index is 11.6. The van der Waals surface area contributed by atoms with Gasteiger partial charge in [-0.05, 0) is 11.0 Å². The molecule has 0 unspecified atom stereocenters. The molecule has 0 N–H and O–H groups in total. The zero-order chi connectivity index (χ0) is 15.4. The third-order valence-electron chi connectivity index (χ3n) is 2.49. The summed E-state index contributed by atoms with van der Waals surface area (Å²) in [5.41, 5.74) is 1.82. The molecule has 1 aliphatic rings. The highest BCUT2D eigenvalue weighted by Gasteiger charge is 2.18. The van der Waals surface area contributed by atoms with Crippen LogP contribution >= 0.6 is 58.2 Å². The van der Waals surface area contributed by atoms with Crippen molar-refractivity contribution in [1.29, 1.82) is 0 Å². The van der Waals surface area contributed by atoms with E-state index in [4.69, 9.17) is 23.2 Å². The molecule has 1 aromatic heterocycles. The summed E-state index contributed by atoms with van der Waals surface area (Å²) < 4.78 is 2.41. The van der Waals surface area contributed by atoms with Gasteiger partial charge in [-0.25, -0.2) is 4.98 Å². The van der Waals surface area contributed by atoms with Gasteiger partial charge in [-0.2, -0.15) is 0 Å². The molecule has 0 fully saturated rings. The van der Waals surface area contributed by atoms with Crippen LogP contribution in [0.1, 0.15) is 17.6 Å². The molecule has 0 bridgehead atoms. The smallest absolute Gasteiger partial charge is 0.229 e. The second-order valence-electron chi connectivity index (χ2n) is 4.07. The minimum absolute atomic E-state index is 0.122. The van der Waals surface area contributed by atoms with Gasteiger partial charge in [0.05, 0.1) is 16.6 Å². The van der Waals surface area contributed by atoms with Gasteiger partial charge in [-0.1, -0.05) is 41.9 Å². The highest BCUT2D eigenvalue weighted by molar-refractivity contribution is 8.02. The van der Waals surface area contributed by atoms with Crippen LogP contribution in [0.15, 0.2) is 28.5 Å². The third kappa shape index (κ3) is 4.79. The number of carbonyl (C=O) groups is 1. The van der Waals surface area contributed by atoms with E-state index in [9.17, 15) is 4.79 Å². The number of amides is 1. The van der Waals surface area contributed by atoms with Crippen LogP contribution in [0, 0.1) is 0 Å². The van der Waals surface area contributed by atoms with Crippen LogP contribution in [-0.2, 0) is 11.3 Å². The normalized spacial score (nSPS) is 14.0. The Bertz CT molecular complexity index is 625. The van der Waals surface area contributed by atoms with Gasteiger partial charge >= 0.3 is 0 Å². The summed E-state index contributed by atoms with van der Waals surface area (Å²) >= 11 is 16.2. The Labute approximate surface area is 146 Å². The maximum Gasteiger partial charge on any atom is 0.229 e. The molecule has 1 aliphatic heterocycles. The number of aromatic nitrogens is 1. The Morgan fingerprint density at radius 2 is 2.38 bits per heavy atom. The first-order valence-corrected chi connectivity index (χ1v) is 9.30. The first kappa shape index (κ1) is 17.0. The summed E-state index contributed by atoms with van der Waals surface area (Å²) in [5.74, 6) is 0.756. The lowest BCUT2D eigenvalue weighted by Crippen LogP contribution is -2.21. The quantitative estimate of drug-likeness (QED) is 0.663. The highest BCUT2D eigenvalue weighted by Crippen LogP contribution is 2.34. The summed E-state index contributed by atoms with van der Waals surface area (Å²) in [4.78, 5) is 16.2. The van der Waals surface area contributed by atoms with Gasteiger partial charge in [-0.3, -0.25) is 9.10 Å². The van der Waals surface area contributed by atoms with Crippen molar-refractivity contribution in [3.05, 3.63) is 43.5 Å². The number of carbonyl (C=O) groups excluding carboxylic acids is 1. The van der Waals surface area contributed by atoms with E-state index in [0.717, 1.165) is 28.3 Å². The van der Waals surface area contributed by atoms with E-state index < -0.39 is 0 Å². The lowest BCUT2D eigenvalue weighted by Gasteiger charge is -2.17. The SMILES string of the molecule is C=C(Cl)SN(Cc1nc(C2=CC=CSC2)sc1Cl)C(C)=O. The zero-order valence-corrected chi connectivity index (χ0v) is 15.1. The Morgan fingerprint density at radius 1 is 1.62 bits per heavy atom. The molecule has 0 radical (unpaired) electrons. The van der Waals surface area contributed by atoms with Gasteiger partial charge in [0.15, 0.2) is 0 Å². The Morgan fingerprint density at radius 3 is 2.95 bits per heavy atom. The van der Waals surface area contributed by atoms with Gasteiger partial charge < -0.3 is 0 Å². The molecule has 0 atom stereocenters. The average Bonchev–Trinajstić information content (AvgIpc) is 2.80. The topological polar surface area (TPSA) is 33.2 Å². The number of hydrogen-bond acceptors (Lipinski definition) is 5. The Balaban J connectivity index is 2.18. The number of rotatable bonds is 5. The standard InChI is InChI=1S/C13H12Cl2N2OS3/c1-8(14)21-17(9(2)18)6-11-12(15)20-13(16-11)10-4-3-5-19-7-10/h3-5H,1,6-7H2,2H3. The van der Waals surface area contributed by atoms with E-state index in [0.29, 0.717) is 20.9 Å². The maximum atomic E-state index is 11.6. The predicted molar refractivity (Wildman–Crippen MR) is 95.5 cm³/mol. The minimum Gasteiger partial charge on any atom is -0.276 e. The molecule has 8 heteroatoms. The van der Waals surface area contributed by atoms with E-state index in [1.807, 2.05) is 17.6 Å². The van der Waals surface area contributed by atoms with E-state index in [1.165, 1.54) is 22.6 Å². The summed E-state index contributed by atoms with van der Waals surface area (Å²) in [5, 5.41) is 2.94. The van der Waals surface area contributed by atoms with Crippen molar-refractivity contribution in [2.45, 2.75) is 13.5 Å². The predicted octanol–water partition coefficient (Wildman–Crippen LogP) is 5.15. The lowest BCUT2D eigenvalue weighted by atomic mass is 10.3. The summed E-state index contributed by atoms with van der Waals surface area (Å²) in [6.45, 7) is 5.36. The van der Waals surface area contributed by atoms with Crippen molar-refractivity contribution in [2.24, 2.45) is 0 Å². The van der Waals surface area contributed by atoms with E-state index in [-0.39, 0.29) is 5.91 Å². The van der Waals surface area contributed by atoms with Crippen molar-refractivity contribution in [2.75, 3.05) is 5.75 Å². The fraction of sp³-hybridized carbons (Fsp3) is 0.231. The molecule has 112 valence electrons. The molecule has 0 spiro atoms. The van der Waals surface area contributed by atoms with Crippen molar-refractivity contribution >= 4 is 69.7 Å². The summed E-state index contributed by atoms with van der Waals surface area (Å²) in [7, 11) is 0. The van der Waals surface area contributed by atoms with E-state index >= 15 is 0 Å². The fourth-order valence-electron chi connectivity index (χ4n) is 1.56. The van der Waals surface area contributed by atoms with Crippen LogP contribution in [0.4, 0.5) is 0 Å². The van der Waals surface area contributed by atoms with Gasteiger partial charge in [0.1, 0.15) is 9.34 Å². The van der Waals surface area contributed by atoms with Crippen molar-refractivity contribution < 1.29 is 4.79 Å². The molecule has 2 heterocycles. The number of hydrogen-bond donors (Lipinski definition) is 0. The van der Waals surface area contributed by atoms with Crippen molar-refractivity contribution in [3.8, 4) is 0 Å². The van der Waals surface area contributed by atoms with Gasteiger partial charge in [0, 0.05) is 24.6 Å². The summed E-state index contributed by atoms with van der Waals surface area (Å²) in [6, 6.07) is 0. The van der Waals surface area contributed by atoms with Crippen LogP contribution in [0.25, 0.3) is 5.57 Å². The van der Waals surface area contributed by atoms with Crippen LogP contribution in [0.5, 0.6) is 0 Å². The molecule has 21 heavy (non-hydrogen) atoms. The first-order valence-electron chi connectivity index (χ1n) is 5.90. The van der Waals surface area contributed by atoms with Crippen LogP contribution in [-0.4, -0.2) is 20.9 Å². The molecular formula is C13H12Cl2N2OS3. The number of nitrogens with zero attached hydrogens (tertiary/aromatic N) is 2. The highest BCUT2D eigenvalue weighted by atomic mass is 35.5. The molecule has 1 amide bonds. The largest absolute Gasteiger partial charge is 0.276 e. The third-order valence-corrected chi connectivity index (χ3v) is 5.74. The number of thiazole rings is 1. The van der Waals surface area contributed by atoms with Crippen LogP contribution < -0.4 is 0 Å². The Kier molecular flexibility index (Phi) is 6.25. The second kappa shape index (κ2) is 7.74.